The van der Waals surface area contributed by atoms with Crippen LogP contribution in [0.2, 0.25) is 0 Å². The first kappa shape index (κ1) is 14.0. The molecule has 0 saturated heterocycles. The minimum Gasteiger partial charge on any atom is -0.447 e. The van der Waals surface area contributed by atoms with Gasteiger partial charge in [-0.05, 0) is 24.3 Å². The molecule has 0 aliphatic carbocycles. The summed E-state index contributed by atoms with van der Waals surface area (Å²) in [5.74, 6) is -0.0460. The van der Waals surface area contributed by atoms with Gasteiger partial charge in [0.15, 0.2) is 11.6 Å². The summed E-state index contributed by atoms with van der Waals surface area (Å²) in [5, 5.41) is 14.0. The minimum absolute atomic E-state index is 0.00418. The molecule has 0 amide bonds. The normalized spacial score (nSPS) is 13.4. The molecule has 2 aromatic carbocycles. The van der Waals surface area contributed by atoms with E-state index < -0.39 is 10.7 Å². The van der Waals surface area contributed by atoms with Gasteiger partial charge in [0.2, 0.25) is 5.75 Å². The largest absolute Gasteiger partial charge is 0.447 e. The highest BCUT2D eigenvalue weighted by Crippen LogP contribution is 2.32. The number of nitrogens with zero attached hydrogens (tertiary/aromatic N) is 2. The van der Waals surface area contributed by atoms with Crippen LogP contribution in [0.25, 0.3) is 0 Å². The van der Waals surface area contributed by atoms with Crippen LogP contribution in [0.1, 0.15) is 5.56 Å². The van der Waals surface area contributed by atoms with E-state index in [1.807, 2.05) is 0 Å². The third kappa shape index (κ3) is 2.73. The molecule has 1 aliphatic heterocycles. The van der Waals surface area contributed by atoms with E-state index in [4.69, 9.17) is 4.74 Å². The summed E-state index contributed by atoms with van der Waals surface area (Å²) < 4.78 is 19.5. The molecule has 3 rings (SSSR count). The number of amidine groups is 1. The molecular formula is C15H12FN3O3. The summed E-state index contributed by atoms with van der Waals surface area (Å²) in [6.45, 7) is 1.39. The van der Waals surface area contributed by atoms with Gasteiger partial charge in [0.1, 0.15) is 5.84 Å². The van der Waals surface area contributed by atoms with Crippen molar-refractivity contribution in [2.45, 2.75) is 0 Å². The van der Waals surface area contributed by atoms with Crippen molar-refractivity contribution < 1.29 is 14.1 Å². The number of nitrogens with one attached hydrogen (secondary N) is 1. The van der Waals surface area contributed by atoms with Gasteiger partial charge in [-0.2, -0.15) is 0 Å². The molecule has 0 aromatic heterocycles. The molecule has 1 heterocycles. The zero-order valence-electron chi connectivity index (χ0n) is 11.5. The fourth-order valence-corrected chi connectivity index (χ4v) is 2.13. The average Bonchev–Trinajstić information content (AvgIpc) is 3.04. The van der Waals surface area contributed by atoms with Crippen molar-refractivity contribution in [3.8, 4) is 11.5 Å². The smallest absolute Gasteiger partial charge is 0.311 e. The van der Waals surface area contributed by atoms with E-state index in [1.165, 1.54) is 30.3 Å². The van der Waals surface area contributed by atoms with E-state index in [0.717, 1.165) is 6.54 Å². The van der Waals surface area contributed by atoms with Crippen LogP contribution in [0.4, 0.5) is 10.1 Å². The van der Waals surface area contributed by atoms with Crippen molar-refractivity contribution in [1.29, 1.82) is 0 Å². The Morgan fingerprint density at radius 2 is 2.05 bits per heavy atom. The van der Waals surface area contributed by atoms with E-state index >= 15 is 0 Å². The van der Waals surface area contributed by atoms with Gasteiger partial charge >= 0.3 is 5.69 Å². The number of para-hydroxylation sites is 2. The SMILES string of the molecule is O=[N+]([O-])c1ccccc1Oc1ccc(C2=NCCN2)cc1F. The van der Waals surface area contributed by atoms with Crippen LogP contribution in [0.15, 0.2) is 47.5 Å². The first-order valence-corrected chi connectivity index (χ1v) is 6.64. The highest BCUT2D eigenvalue weighted by atomic mass is 19.1. The molecular weight excluding hydrogens is 289 g/mol. The molecule has 0 fully saturated rings. The Balaban J connectivity index is 1.89. The molecule has 1 N–H and O–H groups in total. The summed E-state index contributed by atoms with van der Waals surface area (Å²) in [6.07, 6.45) is 0. The van der Waals surface area contributed by atoms with Crippen LogP contribution in [0.3, 0.4) is 0 Å². The number of ether oxygens (including phenoxy) is 1. The van der Waals surface area contributed by atoms with Crippen molar-refractivity contribution in [1.82, 2.24) is 5.32 Å². The number of nitro benzene ring substituents is 1. The van der Waals surface area contributed by atoms with Crippen molar-refractivity contribution in [3.63, 3.8) is 0 Å². The second-order valence-electron chi connectivity index (χ2n) is 4.63. The van der Waals surface area contributed by atoms with Gasteiger partial charge in [-0.3, -0.25) is 15.1 Å². The Morgan fingerprint density at radius 3 is 2.73 bits per heavy atom. The molecule has 0 atom stereocenters. The maximum Gasteiger partial charge on any atom is 0.311 e. The first-order chi connectivity index (χ1) is 10.6. The van der Waals surface area contributed by atoms with E-state index in [9.17, 15) is 14.5 Å². The Labute approximate surface area is 125 Å². The topological polar surface area (TPSA) is 76.8 Å². The van der Waals surface area contributed by atoms with Gasteiger partial charge in [-0.1, -0.05) is 12.1 Å². The van der Waals surface area contributed by atoms with E-state index in [1.54, 1.807) is 12.1 Å². The number of rotatable bonds is 4. The fraction of sp³-hybridized carbons (Fsp3) is 0.133. The first-order valence-electron chi connectivity index (χ1n) is 6.64. The predicted molar refractivity (Wildman–Crippen MR) is 79.0 cm³/mol. The molecule has 1 aliphatic rings. The number of benzene rings is 2. The maximum absolute atomic E-state index is 14.1. The summed E-state index contributed by atoms with van der Waals surface area (Å²) in [4.78, 5) is 14.6. The minimum atomic E-state index is -0.605. The van der Waals surface area contributed by atoms with Gasteiger partial charge in [-0.25, -0.2) is 4.39 Å². The van der Waals surface area contributed by atoms with Crippen LogP contribution in [-0.2, 0) is 0 Å². The molecule has 2 aromatic rings. The fourth-order valence-electron chi connectivity index (χ4n) is 2.13. The Morgan fingerprint density at radius 1 is 1.23 bits per heavy atom. The van der Waals surface area contributed by atoms with Crippen LogP contribution in [-0.4, -0.2) is 23.8 Å². The molecule has 6 nitrogen and oxygen atoms in total. The Kier molecular flexibility index (Phi) is 3.69. The molecule has 112 valence electrons. The van der Waals surface area contributed by atoms with E-state index in [-0.39, 0.29) is 17.2 Å². The van der Waals surface area contributed by atoms with E-state index in [2.05, 4.69) is 10.3 Å². The summed E-state index contributed by atoms with van der Waals surface area (Å²) in [7, 11) is 0. The zero-order chi connectivity index (χ0) is 15.5. The maximum atomic E-state index is 14.1. The quantitative estimate of drug-likeness (QED) is 0.696. The number of halogens is 1. The lowest BCUT2D eigenvalue weighted by Crippen LogP contribution is -2.19. The van der Waals surface area contributed by atoms with Crippen LogP contribution >= 0.6 is 0 Å². The van der Waals surface area contributed by atoms with Crippen LogP contribution in [0.5, 0.6) is 11.5 Å². The second kappa shape index (κ2) is 5.80. The van der Waals surface area contributed by atoms with Gasteiger partial charge in [0.25, 0.3) is 0 Å². The molecule has 0 unspecified atom stereocenters. The Bertz CT molecular complexity index is 761. The van der Waals surface area contributed by atoms with Crippen molar-refractivity contribution in [2.75, 3.05) is 13.1 Å². The standard InChI is InChI=1S/C15H12FN3O3/c16-11-9-10(15-17-7-8-18-15)5-6-13(11)22-14-4-2-1-3-12(14)19(20)21/h1-6,9H,7-8H2,(H,17,18). The van der Waals surface area contributed by atoms with Crippen molar-refractivity contribution >= 4 is 11.5 Å². The van der Waals surface area contributed by atoms with Gasteiger partial charge in [0, 0.05) is 18.2 Å². The van der Waals surface area contributed by atoms with Gasteiger partial charge in [-0.15, -0.1) is 0 Å². The predicted octanol–water partition coefficient (Wildman–Crippen LogP) is 2.88. The summed E-state index contributed by atoms with van der Waals surface area (Å²) in [5.41, 5.74) is 0.401. The van der Waals surface area contributed by atoms with Crippen LogP contribution < -0.4 is 10.1 Å². The molecule has 0 spiro atoms. The number of hydrogen-bond acceptors (Lipinski definition) is 5. The third-order valence-electron chi connectivity index (χ3n) is 3.16. The third-order valence-corrected chi connectivity index (χ3v) is 3.16. The lowest BCUT2D eigenvalue weighted by Gasteiger charge is -2.09. The number of nitro groups is 1. The van der Waals surface area contributed by atoms with E-state index in [0.29, 0.717) is 17.9 Å². The lowest BCUT2D eigenvalue weighted by molar-refractivity contribution is -0.385. The highest BCUT2D eigenvalue weighted by Gasteiger charge is 2.17. The number of aliphatic imine (C=N–C) groups is 1. The van der Waals surface area contributed by atoms with Crippen molar-refractivity contribution in [3.05, 3.63) is 64.0 Å². The molecule has 0 bridgehead atoms. The molecule has 0 saturated carbocycles. The van der Waals surface area contributed by atoms with Gasteiger partial charge < -0.3 is 10.1 Å². The lowest BCUT2D eigenvalue weighted by atomic mass is 10.2. The monoisotopic (exact) mass is 301 g/mol. The zero-order valence-corrected chi connectivity index (χ0v) is 11.5. The van der Waals surface area contributed by atoms with Gasteiger partial charge in [0.05, 0.1) is 11.5 Å². The number of hydrogen-bond donors (Lipinski definition) is 1. The highest BCUT2D eigenvalue weighted by molar-refractivity contribution is 5.99. The summed E-state index contributed by atoms with van der Waals surface area (Å²) in [6, 6.07) is 10.2. The van der Waals surface area contributed by atoms with Crippen LogP contribution in [0, 0.1) is 15.9 Å². The molecule has 0 radical (unpaired) electrons. The second-order valence-corrected chi connectivity index (χ2v) is 4.63. The van der Waals surface area contributed by atoms with Crippen molar-refractivity contribution in [2.24, 2.45) is 4.99 Å². The summed E-state index contributed by atoms with van der Waals surface area (Å²) >= 11 is 0. The molecule has 22 heavy (non-hydrogen) atoms. The Hall–Kier alpha value is -2.96. The average molecular weight is 301 g/mol. The molecule has 7 heteroatoms.